The lowest BCUT2D eigenvalue weighted by Crippen LogP contribution is -2.38. The Morgan fingerprint density at radius 2 is 1.53 bits per heavy atom. The minimum Gasteiger partial charge on any atom is -0.221 e. The molecule has 1 aromatic carbocycles. The van der Waals surface area contributed by atoms with Gasteiger partial charge in [0.05, 0.1) is 4.90 Å². The van der Waals surface area contributed by atoms with Crippen LogP contribution in [0.3, 0.4) is 0 Å². The van der Waals surface area contributed by atoms with Crippen LogP contribution < -0.4 is 0 Å². The number of hydrogen-bond acceptors (Lipinski definition) is 5. The third-order valence-electron chi connectivity index (χ3n) is 2.36. The number of benzene rings is 1. The third-order valence-corrected chi connectivity index (χ3v) is 17.7. The van der Waals surface area contributed by atoms with Crippen molar-refractivity contribution in [2.75, 3.05) is 12.5 Å². The van der Waals surface area contributed by atoms with Crippen LogP contribution in [-0.2, 0) is 35.6 Å². The molecule has 0 fully saturated rings. The maximum atomic E-state index is 12.3. The second-order valence-corrected chi connectivity index (χ2v) is 22.9. The minimum atomic E-state index is -4.03. The smallest absolute Gasteiger partial charge is 0.221 e. The van der Waals surface area contributed by atoms with Gasteiger partial charge in [-0.2, -0.15) is 0 Å². The zero-order chi connectivity index (χ0) is 13.5. The van der Waals surface area contributed by atoms with Crippen molar-refractivity contribution in [2.45, 2.75) is 11.8 Å². The van der Waals surface area contributed by atoms with Gasteiger partial charge in [-0.3, -0.25) is 0 Å². The van der Waals surface area contributed by atoms with Crippen molar-refractivity contribution in [2.24, 2.45) is 0 Å². The van der Waals surface area contributed by atoms with Crippen LogP contribution in [0.5, 0.6) is 0 Å². The summed E-state index contributed by atoms with van der Waals surface area (Å²) in [4.78, 5) is -0.0377. The molecule has 1 aromatic rings. The van der Waals surface area contributed by atoms with Crippen LogP contribution in [0.15, 0.2) is 29.2 Å². The van der Waals surface area contributed by atoms with Crippen LogP contribution in [0, 0.1) is 6.92 Å². The molecule has 0 aliphatic carbocycles. The van der Waals surface area contributed by atoms with Crippen molar-refractivity contribution in [3.8, 4) is 0 Å². The van der Waals surface area contributed by atoms with Gasteiger partial charge in [-0.1, -0.05) is 17.7 Å². The molecule has 0 N–H and O–H groups in total. The highest BCUT2D eigenvalue weighted by molar-refractivity contribution is 9.19. The Morgan fingerprint density at radius 3 is 1.88 bits per heavy atom. The van der Waals surface area contributed by atoms with Crippen molar-refractivity contribution >= 4 is 35.6 Å². The summed E-state index contributed by atoms with van der Waals surface area (Å²) < 4.78 is 47.0. The predicted molar refractivity (Wildman–Crippen MR) is 75.3 cm³/mol. The van der Waals surface area contributed by atoms with E-state index in [2.05, 4.69) is 0 Å². The predicted octanol–water partition coefficient (Wildman–Crippen LogP) is 0.621. The van der Waals surface area contributed by atoms with E-state index >= 15 is 0 Å². The van der Waals surface area contributed by atoms with E-state index in [9.17, 15) is 16.8 Å². The second-order valence-electron chi connectivity index (χ2n) is 4.15. The highest BCUT2D eigenvalue weighted by Crippen LogP contribution is 2.34. The molecule has 4 nitrogen and oxygen atoms in total. The Hall–Kier alpha value is -0.310. The summed E-state index contributed by atoms with van der Waals surface area (Å²) >= 11 is 4.95. The van der Waals surface area contributed by atoms with Crippen LogP contribution in [0.2, 0.25) is 0 Å². The summed E-state index contributed by atoms with van der Waals surface area (Å²) in [5.41, 5.74) is 0.893. The molecular formula is C9H14O4S4. The summed E-state index contributed by atoms with van der Waals surface area (Å²) in [6.45, 7) is 1.81. The lowest BCUT2D eigenvalue weighted by Gasteiger charge is -2.30. The lowest BCUT2D eigenvalue weighted by atomic mass is 10.2. The van der Waals surface area contributed by atoms with Crippen molar-refractivity contribution in [3.05, 3.63) is 29.8 Å². The van der Waals surface area contributed by atoms with Gasteiger partial charge in [0.1, 0.15) is 0 Å². The quantitative estimate of drug-likeness (QED) is 0.654. The highest BCUT2D eigenvalue weighted by atomic mass is 33.7. The molecule has 0 amide bonds. The van der Waals surface area contributed by atoms with Gasteiger partial charge in [0.25, 0.3) is 0 Å². The number of thiol groups is 1. The Balaban J connectivity index is 3.62. The maximum Gasteiger partial charge on any atom is 0.228 e. The topological polar surface area (TPSA) is 68.3 Å². The number of aryl methyl sites for hydroxylation is 1. The summed E-state index contributed by atoms with van der Waals surface area (Å²) in [6, 6.07) is 6.00. The molecule has 0 aromatic heterocycles. The lowest BCUT2D eigenvalue weighted by molar-refractivity contribution is 0.609. The molecule has 0 aliphatic heterocycles. The van der Waals surface area contributed by atoms with Crippen LogP contribution in [-0.4, -0.2) is 29.3 Å². The fraction of sp³-hybridized carbons (Fsp3) is 0.333. The van der Waals surface area contributed by atoms with E-state index in [1.807, 2.05) is 6.92 Å². The van der Waals surface area contributed by atoms with Gasteiger partial charge in [-0.15, -0.1) is 0 Å². The van der Waals surface area contributed by atoms with Gasteiger partial charge < -0.3 is 0 Å². The molecule has 0 saturated carbocycles. The summed E-state index contributed by atoms with van der Waals surface area (Å²) in [7, 11) is -7.24. The van der Waals surface area contributed by atoms with Gasteiger partial charge in [-0.05, 0) is 48.5 Å². The normalized spacial score (nSPS) is 15.4. The highest BCUT2D eigenvalue weighted by Gasteiger charge is 2.41. The molecule has 0 radical (unpaired) electrons. The molecule has 0 spiro atoms. The third kappa shape index (κ3) is 2.31. The molecule has 8 heteroatoms. The molecule has 0 saturated heterocycles. The van der Waals surface area contributed by atoms with E-state index in [0.717, 1.165) is 18.1 Å². The Labute approximate surface area is 106 Å². The molecule has 1 rings (SSSR count). The first-order chi connectivity index (χ1) is 7.48. The van der Waals surface area contributed by atoms with Crippen LogP contribution >= 0.6 is 0 Å². The molecular weight excluding hydrogens is 300 g/mol. The van der Waals surface area contributed by atoms with Crippen molar-refractivity contribution in [1.29, 1.82) is 0 Å². The molecule has 0 heterocycles. The van der Waals surface area contributed by atoms with Crippen molar-refractivity contribution in [1.82, 2.24) is 0 Å². The first kappa shape index (κ1) is 14.7. The van der Waals surface area contributed by atoms with Gasteiger partial charge >= 0.3 is 0 Å². The first-order valence-corrected chi connectivity index (χ1v) is 12.1. The molecule has 17 heavy (non-hydrogen) atoms. The standard InChI is InChI=1S/C9H14O4S4/c1-8-4-6-9(7-5-8)16(12,13)17(2,3,14)15(10)11/h4-7,15H,1-3H3. The van der Waals surface area contributed by atoms with E-state index in [0.29, 0.717) is 0 Å². The van der Waals surface area contributed by atoms with Gasteiger partial charge in [0.15, 0.2) is 9.74 Å². The largest absolute Gasteiger partial charge is 0.228 e. The van der Waals surface area contributed by atoms with Crippen LogP contribution in [0.25, 0.3) is 0 Å². The fourth-order valence-corrected chi connectivity index (χ4v) is 7.63. The molecule has 98 valence electrons. The average molecular weight is 314 g/mol. The molecule has 0 aliphatic rings. The van der Waals surface area contributed by atoms with E-state index in [-0.39, 0.29) is 4.90 Å². The van der Waals surface area contributed by atoms with Gasteiger partial charge in [0, 0.05) is 0 Å². The van der Waals surface area contributed by atoms with Gasteiger partial charge in [0.2, 0.25) is 8.87 Å². The van der Waals surface area contributed by atoms with E-state index in [1.54, 1.807) is 12.1 Å². The zero-order valence-corrected chi connectivity index (χ0v) is 13.0. The van der Waals surface area contributed by atoms with E-state index < -0.39 is 24.4 Å². The van der Waals surface area contributed by atoms with E-state index in [4.69, 9.17) is 11.2 Å². The summed E-state index contributed by atoms with van der Waals surface area (Å²) in [5.74, 6) is -3.96. The van der Waals surface area contributed by atoms with Crippen LogP contribution in [0.4, 0.5) is 0 Å². The zero-order valence-electron chi connectivity index (χ0n) is 9.61. The first-order valence-electron chi connectivity index (χ1n) is 4.56. The Kier molecular flexibility index (Phi) is 3.57. The second kappa shape index (κ2) is 4.11. The Morgan fingerprint density at radius 1 is 1.12 bits per heavy atom. The van der Waals surface area contributed by atoms with Crippen LogP contribution in [0.1, 0.15) is 5.56 Å². The molecule has 0 atom stereocenters. The molecule has 0 unspecified atom stereocenters. The monoisotopic (exact) mass is 314 g/mol. The SMILES string of the molecule is Cc1ccc(S(=O)(=O)S(C)(C)(=S)[SH](=O)=O)cc1. The number of rotatable bonds is 3. The molecule has 0 bridgehead atoms. The van der Waals surface area contributed by atoms with Crippen molar-refractivity contribution in [3.63, 3.8) is 0 Å². The Bertz CT molecular complexity index is 666. The van der Waals surface area contributed by atoms with E-state index in [1.165, 1.54) is 12.1 Å². The average Bonchev–Trinajstić information content (AvgIpc) is 2.17. The fourth-order valence-electron chi connectivity index (χ4n) is 1.06. The summed E-state index contributed by atoms with van der Waals surface area (Å²) in [5, 5.41) is 0. The van der Waals surface area contributed by atoms with Crippen molar-refractivity contribution < 1.29 is 16.8 Å². The van der Waals surface area contributed by atoms with Gasteiger partial charge in [-0.25, -0.2) is 16.8 Å². The summed E-state index contributed by atoms with van der Waals surface area (Å²) in [6.07, 6.45) is 2.26. The minimum absolute atomic E-state index is 0.0377. The maximum absolute atomic E-state index is 12.3. The number of hydrogen-bond donors (Lipinski definition) is 1.